The van der Waals surface area contributed by atoms with Crippen LogP contribution in [0.2, 0.25) is 0 Å². The summed E-state index contributed by atoms with van der Waals surface area (Å²) in [5, 5.41) is 12.5. The molecule has 0 aliphatic carbocycles. The number of aromatic nitrogens is 1. The highest BCUT2D eigenvalue weighted by atomic mass is 16.5. The van der Waals surface area contributed by atoms with E-state index in [1.165, 1.54) is 28.5 Å². The predicted octanol–water partition coefficient (Wildman–Crippen LogP) is 6.24. The number of benzene rings is 3. The van der Waals surface area contributed by atoms with Gasteiger partial charge in [0.2, 0.25) is 0 Å². The van der Waals surface area contributed by atoms with Crippen LogP contribution in [-0.4, -0.2) is 11.3 Å². The van der Waals surface area contributed by atoms with Crippen molar-refractivity contribution in [2.45, 2.75) is 27.0 Å². The molecule has 5 nitrogen and oxygen atoms in total. The summed E-state index contributed by atoms with van der Waals surface area (Å²) in [6.07, 6.45) is 3.97. The normalized spacial score (nSPS) is 10.4. The molecule has 0 fully saturated rings. The van der Waals surface area contributed by atoms with Gasteiger partial charge in [-0.3, -0.25) is 9.78 Å². The first-order valence-electron chi connectivity index (χ1n) is 11.0. The summed E-state index contributed by atoms with van der Waals surface area (Å²) < 4.78 is 5.97. The fourth-order valence-corrected chi connectivity index (χ4v) is 3.93. The predicted molar refractivity (Wildman–Crippen MR) is 134 cm³/mol. The van der Waals surface area contributed by atoms with Crippen molar-refractivity contribution in [3.63, 3.8) is 0 Å². The quantitative estimate of drug-likeness (QED) is 0.324. The van der Waals surface area contributed by atoms with Gasteiger partial charge in [-0.15, -0.1) is 0 Å². The minimum atomic E-state index is 0.213. The third-order valence-corrected chi connectivity index (χ3v) is 5.80. The molecule has 0 aliphatic heterocycles. The van der Waals surface area contributed by atoms with Crippen LogP contribution >= 0.6 is 0 Å². The third-order valence-electron chi connectivity index (χ3n) is 5.80. The monoisotopic (exact) mass is 447 g/mol. The van der Waals surface area contributed by atoms with Crippen molar-refractivity contribution in [1.82, 2.24) is 4.98 Å². The number of nitrogens with zero attached hydrogens (tertiary/aromatic N) is 2. The summed E-state index contributed by atoms with van der Waals surface area (Å²) in [6, 6.07) is 24.3. The van der Waals surface area contributed by atoms with Crippen molar-refractivity contribution in [3.05, 3.63) is 113 Å². The Labute approximate surface area is 199 Å². The van der Waals surface area contributed by atoms with Gasteiger partial charge in [0.15, 0.2) is 6.29 Å². The van der Waals surface area contributed by atoms with Crippen LogP contribution in [0.1, 0.15) is 38.2 Å². The molecule has 0 atom stereocenters. The summed E-state index contributed by atoms with van der Waals surface area (Å²) in [6.45, 7) is 4.88. The number of nitrogens with one attached hydrogen (secondary N) is 1. The minimum Gasteiger partial charge on any atom is -0.488 e. The van der Waals surface area contributed by atoms with Crippen molar-refractivity contribution in [2.75, 3.05) is 5.32 Å². The second-order valence-electron chi connectivity index (χ2n) is 8.11. The van der Waals surface area contributed by atoms with Crippen LogP contribution < -0.4 is 10.1 Å². The Morgan fingerprint density at radius 2 is 1.85 bits per heavy atom. The highest BCUT2D eigenvalue weighted by molar-refractivity contribution is 5.83. The first-order chi connectivity index (χ1) is 16.6. The molecule has 1 heterocycles. The molecular formula is C29H25N3O2. The molecule has 0 bridgehead atoms. The largest absolute Gasteiger partial charge is 0.488 e. The molecule has 3 aromatic carbocycles. The summed E-state index contributed by atoms with van der Waals surface area (Å²) >= 11 is 0. The smallest absolute Gasteiger partial charge is 0.154 e. The van der Waals surface area contributed by atoms with Crippen molar-refractivity contribution in [1.29, 1.82) is 5.26 Å². The summed E-state index contributed by atoms with van der Waals surface area (Å²) in [5.41, 5.74) is 8.27. The number of anilines is 1. The Kier molecular flexibility index (Phi) is 7.00. The number of pyridine rings is 1. The Hall–Kier alpha value is -4.43. The lowest BCUT2D eigenvalue weighted by Crippen LogP contribution is -2.05. The maximum atomic E-state index is 11.7. The second-order valence-corrected chi connectivity index (χ2v) is 8.11. The number of nitriles is 1. The zero-order valence-electron chi connectivity index (χ0n) is 19.2. The number of carbonyl (C=O) groups excluding carboxylic acids is 1. The Balaban J connectivity index is 1.53. The molecular weight excluding hydrogens is 422 g/mol. The Bertz CT molecular complexity index is 1360. The van der Waals surface area contributed by atoms with Crippen LogP contribution in [-0.2, 0) is 13.2 Å². The molecule has 0 unspecified atom stereocenters. The van der Waals surface area contributed by atoms with Gasteiger partial charge in [-0.05, 0) is 53.8 Å². The van der Waals surface area contributed by atoms with E-state index in [-0.39, 0.29) is 6.61 Å². The lowest BCUT2D eigenvalue weighted by atomic mass is 9.96. The lowest BCUT2D eigenvalue weighted by molar-refractivity contribution is 0.111. The lowest BCUT2D eigenvalue weighted by Gasteiger charge is -2.16. The van der Waals surface area contributed by atoms with Crippen LogP contribution in [0.5, 0.6) is 5.75 Å². The van der Waals surface area contributed by atoms with Crippen molar-refractivity contribution in [3.8, 4) is 22.9 Å². The van der Waals surface area contributed by atoms with Gasteiger partial charge in [0.05, 0.1) is 11.1 Å². The Morgan fingerprint density at radius 1 is 1.03 bits per heavy atom. The maximum absolute atomic E-state index is 11.7. The van der Waals surface area contributed by atoms with Gasteiger partial charge in [-0.25, -0.2) is 0 Å². The molecule has 4 rings (SSSR count). The molecule has 34 heavy (non-hydrogen) atoms. The number of carbonyl (C=O) groups is 1. The summed E-state index contributed by atoms with van der Waals surface area (Å²) in [7, 11) is 0. The average molecular weight is 448 g/mol. The maximum Gasteiger partial charge on any atom is 0.154 e. The van der Waals surface area contributed by atoms with Crippen LogP contribution in [0.4, 0.5) is 5.69 Å². The average Bonchev–Trinajstić information content (AvgIpc) is 2.87. The fraction of sp³-hybridized carbons (Fsp3) is 0.138. The number of hydrogen-bond acceptors (Lipinski definition) is 5. The number of ether oxygens (including phenoxy) is 1. The van der Waals surface area contributed by atoms with Gasteiger partial charge in [0.25, 0.3) is 0 Å². The van der Waals surface area contributed by atoms with Crippen molar-refractivity contribution in [2.24, 2.45) is 0 Å². The topological polar surface area (TPSA) is 75.0 Å². The molecule has 1 N–H and O–H groups in total. The third kappa shape index (κ3) is 5.13. The first kappa shape index (κ1) is 22.8. The summed E-state index contributed by atoms with van der Waals surface area (Å²) in [5.74, 6) is 0.495. The van der Waals surface area contributed by atoms with Gasteiger partial charge in [-0.1, -0.05) is 48.5 Å². The van der Waals surface area contributed by atoms with Crippen molar-refractivity contribution < 1.29 is 9.53 Å². The van der Waals surface area contributed by atoms with E-state index in [1.54, 1.807) is 12.3 Å². The molecule has 0 amide bonds. The van der Waals surface area contributed by atoms with E-state index in [0.29, 0.717) is 23.4 Å². The second kappa shape index (κ2) is 10.5. The van der Waals surface area contributed by atoms with E-state index in [0.717, 1.165) is 23.1 Å². The molecule has 4 aromatic rings. The van der Waals surface area contributed by atoms with Crippen LogP contribution in [0, 0.1) is 25.2 Å². The van der Waals surface area contributed by atoms with E-state index < -0.39 is 0 Å². The first-order valence-corrected chi connectivity index (χ1v) is 11.0. The van der Waals surface area contributed by atoms with Gasteiger partial charge < -0.3 is 10.1 Å². The minimum absolute atomic E-state index is 0.213. The molecule has 0 aliphatic rings. The van der Waals surface area contributed by atoms with Crippen LogP contribution in [0.25, 0.3) is 11.1 Å². The molecule has 0 spiro atoms. The fourth-order valence-electron chi connectivity index (χ4n) is 3.93. The van der Waals surface area contributed by atoms with E-state index in [2.05, 4.69) is 53.6 Å². The van der Waals surface area contributed by atoms with E-state index in [9.17, 15) is 4.79 Å². The van der Waals surface area contributed by atoms with E-state index in [1.807, 2.05) is 37.3 Å². The number of rotatable bonds is 8. The standard InChI is InChI=1S/C29H25N3O2/c1-20-11-26(13-29(28(20)18-33)34-19-23-12-22(14-30)15-31-16-23)32-17-25-9-6-10-27(21(25)2)24-7-4-3-5-8-24/h3-13,15-16,18,32H,17,19H2,1-2H3. The molecule has 5 heteroatoms. The zero-order valence-corrected chi connectivity index (χ0v) is 19.2. The van der Waals surface area contributed by atoms with E-state index in [4.69, 9.17) is 10.00 Å². The SMILES string of the molecule is Cc1cc(NCc2cccc(-c3ccccc3)c2C)cc(OCc2cncc(C#N)c2)c1C=O. The Morgan fingerprint density at radius 3 is 2.62 bits per heavy atom. The van der Waals surface area contributed by atoms with Crippen LogP contribution in [0.3, 0.4) is 0 Å². The van der Waals surface area contributed by atoms with Gasteiger partial charge >= 0.3 is 0 Å². The van der Waals surface area contributed by atoms with Crippen LogP contribution in [0.15, 0.2) is 79.1 Å². The molecule has 168 valence electrons. The van der Waals surface area contributed by atoms with Crippen molar-refractivity contribution >= 4 is 12.0 Å². The number of aldehydes is 1. The van der Waals surface area contributed by atoms with Gasteiger partial charge in [0.1, 0.15) is 18.4 Å². The zero-order chi connectivity index (χ0) is 23.9. The molecule has 0 saturated carbocycles. The highest BCUT2D eigenvalue weighted by Crippen LogP contribution is 2.29. The van der Waals surface area contributed by atoms with Gasteiger partial charge in [0, 0.05) is 36.3 Å². The molecule has 0 saturated heterocycles. The molecule has 0 radical (unpaired) electrons. The van der Waals surface area contributed by atoms with Gasteiger partial charge in [-0.2, -0.15) is 5.26 Å². The summed E-state index contributed by atoms with van der Waals surface area (Å²) in [4.78, 5) is 15.8. The highest BCUT2D eigenvalue weighted by Gasteiger charge is 2.11. The van der Waals surface area contributed by atoms with E-state index >= 15 is 0 Å². The number of aryl methyl sites for hydroxylation is 1. The number of hydrogen-bond donors (Lipinski definition) is 1. The molecule has 1 aromatic heterocycles.